The molecule has 4 rings (SSSR count). The fourth-order valence-corrected chi connectivity index (χ4v) is 8.28. The molecule has 0 saturated carbocycles. The van der Waals surface area contributed by atoms with Crippen molar-refractivity contribution in [1.29, 1.82) is 0 Å². The van der Waals surface area contributed by atoms with Crippen LogP contribution in [0.5, 0.6) is 0 Å². The van der Waals surface area contributed by atoms with Crippen LogP contribution in [0, 0.1) is 17.5 Å². The Balaban J connectivity index is 1.85. The standard InChI is InChI=1S/C28H24F9NO5S2/c1-44(39,40)38-15-13-25(14-16-38,45(41,42)21-11-9-20(29)10-12-21)18-5-7-19(8-6-18)26(27(32,33)34,28(35,36)37)43-17-22-23(30)3-2-4-24(22)31/h2-12H,13-17H2,1H3. The number of nitrogens with zero attached hydrogens (tertiary/aromatic N) is 1. The normalized spacial score (nSPS) is 16.9. The molecule has 0 radical (unpaired) electrons. The molecule has 1 heterocycles. The van der Waals surface area contributed by atoms with Crippen molar-refractivity contribution in [3.63, 3.8) is 0 Å². The van der Waals surface area contributed by atoms with E-state index in [9.17, 15) is 56.3 Å². The summed E-state index contributed by atoms with van der Waals surface area (Å²) >= 11 is 0. The summed E-state index contributed by atoms with van der Waals surface area (Å²) in [5, 5.41) is 0. The van der Waals surface area contributed by atoms with Gasteiger partial charge in [0, 0.05) is 24.2 Å². The number of sulfonamides is 1. The summed E-state index contributed by atoms with van der Waals surface area (Å²) in [5.41, 5.74) is -8.13. The minimum absolute atomic E-state index is 0.276. The maximum atomic E-state index is 14.4. The van der Waals surface area contributed by atoms with Gasteiger partial charge in [0.05, 0.1) is 17.8 Å². The summed E-state index contributed by atoms with van der Waals surface area (Å²) in [6.07, 6.45) is -12.5. The van der Waals surface area contributed by atoms with Crippen molar-refractivity contribution in [3.05, 3.63) is 101 Å². The summed E-state index contributed by atoms with van der Waals surface area (Å²) in [6.45, 7) is -2.51. The van der Waals surface area contributed by atoms with E-state index in [0.717, 1.165) is 40.9 Å². The van der Waals surface area contributed by atoms with Crippen LogP contribution in [-0.2, 0) is 41.6 Å². The van der Waals surface area contributed by atoms with Crippen LogP contribution in [0.4, 0.5) is 39.5 Å². The summed E-state index contributed by atoms with van der Waals surface area (Å²) in [7, 11) is -8.37. The van der Waals surface area contributed by atoms with Gasteiger partial charge in [0.25, 0.3) is 5.60 Å². The van der Waals surface area contributed by atoms with Crippen LogP contribution < -0.4 is 0 Å². The van der Waals surface area contributed by atoms with Gasteiger partial charge in [0.1, 0.15) is 22.2 Å². The molecule has 1 aliphatic rings. The summed E-state index contributed by atoms with van der Waals surface area (Å²) in [4.78, 5) is -0.420. The molecule has 1 fully saturated rings. The lowest BCUT2D eigenvalue weighted by Gasteiger charge is -2.41. The third kappa shape index (κ3) is 6.18. The molecule has 0 atom stereocenters. The van der Waals surface area contributed by atoms with E-state index >= 15 is 0 Å². The lowest BCUT2D eigenvalue weighted by Crippen LogP contribution is -2.56. The number of sulfone groups is 1. The first-order valence-electron chi connectivity index (χ1n) is 12.9. The van der Waals surface area contributed by atoms with Crippen LogP contribution >= 0.6 is 0 Å². The molecule has 1 saturated heterocycles. The zero-order valence-electron chi connectivity index (χ0n) is 23.1. The molecule has 3 aromatic carbocycles. The highest BCUT2D eigenvalue weighted by Gasteiger charge is 2.73. The summed E-state index contributed by atoms with van der Waals surface area (Å²) < 4.78 is 183. The number of piperidine rings is 1. The smallest absolute Gasteiger partial charge is 0.349 e. The predicted molar refractivity (Wildman–Crippen MR) is 142 cm³/mol. The molecule has 0 N–H and O–H groups in total. The van der Waals surface area contributed by atoms with Crippen LogP contribution in [0.1, 0.15) is 29.5 Å². The SMILES string of the molecule is CS(=O)(=O)N1CCC(c2ccc(C(OCc3c(F)cccc3F)(C(F)(F)F)C(F)(F)F)cc2)(S(=O)(=O)c2ccc(F)cc2)CC1. The van der Waals surface area contributed by atoms with Gasteiger partial charge in [-0.25, -0.2) is 34.3 Å². The van der Waals surface area contributed by atoms with E-state index in [1.54, 1.807) is 0 Å². The summed E-state index contributed by atoms with van der Waals surface area (Å²) in [6, 6.07) is 7.75. The Morgan fingerprint density at radius 3 is 1.69 bits per heavy atom. The largest absolute Gasteiger partial charge is 0.430 e. The minimum Gasteiger partial charge on any atom is -0.349 e. The molecular weight excluding hydrogens is 665 g/mol. The highest BCUT2D eigenvalue weighted by Crippen LogP contribution is 2.54. The third-order valence-electron chi connectivity index (χ3n) is 7.75. The van der Waals surface area contributed by atoms with Crippen molar-refractivity contribution >= 4 is 19.9 Å². The molecule has 17 heteroatoms. The first-order valence-corrected chi connectivity index (χ1v) is 16.3. The highest BCUT2D eigenvalue weighted by molar-refractivity contribution is 7.92. The molecule has 0 spiro atoms. The Morgan fingerprint density at radius 2 is 1.24 bits per heavy atom. The number of ether oxygens (including phenoxy) is 1. The molecule has 0 aromatic heterocycles. The van der Waals surface area contributed by atoms with Crippen LogP contribution in [-0.4, -0.2) is 52.8 Å². The molecule has 0 aliphatic carbocycles. The third-order valence-corrected chi connectivity index (χ3v) is 11.6. The predicted octanol–water partition coefficient (Wildman–Crippen LogP) is 6.37. The van der Waals surface area contributed by atoms with Crippen molar-refractivity contribution < 1.29 is 61.1 Å². The second-order valence-electron chi connectivity index (χ2n) is 10.4. The minimum atomic E-state index is -6.23. The highest BCUT2D eigenvalue weighted by atomic mass is 32.2. The van der Waals surface area contributed by atoms with Gasteiger partial charge in [0.2, 0.25) is 10.0 Å². The van der Waals surface area contributed by atoms with Crippen molar-refractivity contribution in [2.24, 2.45) is 0 Å². The van der Waals surface area contributed by atoms with E-state index in [-0.39, 0.29) is 18.7 Å². The van der Waals surface area contributed by atoms with Crippen LogP contribution in [0.25, 0.3) is 0 Å². The number of alkyl halides is 6. The van der Waals surface area contributed by atoms with Crippen LogP contribution in [0.15, 0.2) is 71.6 Å². The fraction of sp³-hybridized carbons (Fsp3) is 0.357. The first-order chi connectivity index (χ1) is 20.7. The van der Waals surface area contributed by atoms with Crippen molar-refractivity contribution in [2.75, 3.05) is 19.3 Å². The molecule has 3 aromatic rings. The van der Waals surface area contributed by atoms with E-state index in [1.165, 1.54) is 0 Å². The second-order valence-corrected chi connectivity index (χ2v) is 14.6. The number of hydrogen-bond donors (Lipinski definition) is 0. The Bertz CT molecular complexity index is 1720. The molecule has 45 heavy (non-hydrogen) atoms. The Kier molecular flexibility index (Phi) is 9.18. The Hall–Kier alpha value is -3.15. The number of hydrogen-bond acceptors (Lipinski definition) is 5. The molecule has 0 unspecified atom stereocenters. The second kappa shape index (κ2) is 11.9. The average Bonchev–Trinajstić information content (AvgIpc) is 2.93. The van der Waals surface area contributed by atoms with E-state index in [4.69, 9.17) is 0 Å². The lowest BCUT2D eigenvalue weighted by atomic mass is 9.85. The molecular formula is C28H24F9NO5S2. The van der Waals surface area contributed by atoms with Gasteiger partial charge < -0.3 is 4.74 Å². The van der Waals surface area contributed by atoms with Gasteiger partial charge in [-0.05, 0) is 54.8 Å². The van der Waals surface area contributed by atoms with Gasteiger partial charge >= 0.3 is 12.4 Å². The van der Waals surface area contributed by atoms with Gasteiger partial charge in [-0.15, -0.1) is 0 Å². The maximum Gasteiger partial charge on any atom is 0.430 e. The molecule has 1 aliphatic heterocycles. The lowest BCUT2D eigenvalue weighted by molar-refractivity contribution is -0.392. The van der Waals surface area contributed by atoms with Crippen molar-refractivity contribution in [1.82, 2.24) is 4.31 Å². The Labute approximate surface area is 252 Å². The molecule has 246 valence electrons. The maximum absolute atomic E-state index is 14.4. The first kappa shape index (κ1) is 34.7. The van der Waals surface area contributed by atoms with Crippen molar-refractivity contribution in [3.8, 4) is 0 Å². The number of benzene rings is 3. The van der Waals surface area contributed by atoms with E-state index in [0.29, 0.717) is 36.4 Å². The van der Waals surface area contributed by atoms with E-state index in [2.05, 4.69) is 4.74 Å². The average molecular weight is 690 g/mol. The summed E-state index contributed by atoms with van der Waals surface area (Å²) in [5.74, 6) is -3.68. The topological polar surface area (TPSA) is 80.8 Å². The van der Waals surface area contributed by atoms with E-state index in [1.807, 2.05) is 0 Å². The fourth-order valence-electron chi connectivity index (χ4n) is 5.33. The van der Waals surface area contributed by atoms with E-state index < -0.39 is 95.5 Å². The molecule has 6 nitrogen and oxygen atoms in total. The number of halogens is 9. The van der Waals surface area contributed by atoms with Gasteiger partial charge in [-0.2, -0.15) is 26.3 Å². The zero-order valence-corrected chi connectivity index (χ0v) is 24.7. The molecule has 0 bridgehead atoms. The van der Waals surface area contributed by atoms with Gasteiger partial charge in [0.15, 0.2) is 9.84 Å². The van der Waals surface area contributed by atoms with Gasteiger partial charge in [-0.1, -0.05) is 30.3 Å². The number of rotatable bonds is 8. The van der Waals surface area contributed by atoms with Crippen LogP contribution in [0.2, 0.25) is 0 Å². The van der Waals surface area contributed by atoms with Gasteiger partial charge in [-0.3, -0.25) is 0 Å². The Morgan fingerprint density at radius 1 is 0.756 bits per heavy atom. The monoisotopic (exact) mass is 689 g/mol. The zero-order chi connectivity index (χ0) is 33.6. The quantitative estimate of drug-likeness (QED) is 0.203. The molecule has 0 amide bonds. The van der Waals surface area contributed by atoms with Crippen molar-refractivity contribution in [2.45, 2.75) is 47.0 Å². The van der Waals surface area contributed by atoms with Crippen LogP contribution in [0.3, 0.4) is 0 Å².